The molecular weight excluding hydrogens is 204 g/mol. The first-order valence-electron chi connectivity index (χ1n) is 5.80. The highest BCUT2D eigenvalue weighted by Gasteiger charge is 2.19. The molecular formula is C13H18O3. The van der Waals surface area contributed by atoms with Gasteiger partial charge in [-0.3, -0.25) is 0 Å². The van der Waals surface area contributed by atoms with Crippen LogP contribution < -0.4 is 0 Å². The third-order valence-corrected chi connectivity index (χ3v) is 2.76. The second-order valence-corrected chi connectivity index (χ2v) is 4.08. The number of hydrogen-bond donors (Lipinski definition) is 1. The quantitative estimate of drug-likeness (QED) is 0.824. The van der Waals surface area contributed by atoms with Gasteiger partial charge in [-0.15, -0.1) is 0 Å². The lowest BCUT2D eigenvalue weighted by atomic mass is 10.1. The fraction of sp³-hybridized carbons (Fsp3) is 0.538. The Hall–Kier alpha value is -0.900. The molecule has 2 rings (SSSR count). The summed E-state index contributed by atoms with van der Waals surface area (Å²) in [5.41, 5.74) is 1.26. The van der Waals surface area contributed by atoms with Crippen LogP contribution in [0.1, 0.15) is 18.4 Å². The number of aliphatic hydroxyl groups excluding tert-OH is 1. The van der Waals surface area contributed by atoms with Crippen molar-refractivity contribution in [3.63, 3.8) is 0 Å². The molecule has 3 nitrogen and oxygen atoms in total. The molecule has 0 saturated carbocycles. The van der Waals surface area contributed by atoms with Gasteiger partial charge < -0.3 is 14.6 Å². The van der Waals surface area contributed by atoms with Gasteiger partial charge in [0, 0.05) is 6.42 Å². The fourth-order valence-corrected chi connectivity index (χ4v) is 1.86. The van der Waals surface area contributed by atoms with Crippen LogP contribution in [0.25, 0.3) is 0 Å². The van der Waals surface area contributed by atoms with E-state index in [0.29, 0.717) is 19.6 Å². The first-order chi connectivity index (χ1) is 7.84. The minimum atomic E-state index is -0.344. The van der Waals surface area contributed by atoms with Crippen molar-refractivity contribution in [1.82, 2.24) is 0 Å². The number of hydrogen-bond acceptors (Lipinski definition) is 3. The van der Waals surface area contributed by atoms with Crippen molar-refractivity contribution in [3.8, 4) is 0 Å². The molecule has 1 heterocycles. The van der Waals surface area contributed by atoms with E-state index in [9.17, 15) is 5.11 Å². The summed E-state index contributed by atoms with van der Waals surface area (Å²) >= 11 is 0. The van der Waals surface area contributed by atoms with E-state index in [1.807, 2.05) is 18.2 Å². The van der Waals surface area contributed by atoms with Gasteiger partial charge in [0.05, 0.1) is 19.3 Å². The lowest BCUT2D eigenvalue weighted by Crippen LogP contribution is -2.19. The van der Waals surface area contributed by atoms with Crippen molar-refractivity contribution in [2.45, 2.75) is 31.7 Å². The SMILES string of the molecule is O[C@H](CCc1ccccc1)CC1OCCO1. The van der Waals surface area contributed by atoms with E-state index in [0.717, 1.165) is 12.8 Å². The highest BCUT2D eigenvalue weighted by Crippen LogP contribution is 2.14. The third-order valence-electron chi connectivity index (χ3n) is 2.76. The van der Waals surface area contributed by atoms with Crippen LogP contribution in [0, 0.1) is 0 Å². The zero-order valence-corrected chi connectivity index (χ0v) is 9.34. The predicted octanol–water partition coefficient (Wildman–Crippen LogP) is 1.74. The molecule has 1 aliphatic rings. The van der Waals surface area contributed by atoms with Gasteiger partial charge in [0.15, 0.2) is 6.29 Å². The van der Waals surface area contributed by atoms with Crippen LogP contribution in [0.5, 0.6) is 0 Å². The van der Waals surface area contributed by atoms with E-state index < -0.39 is 0 Å². The van der Waals surface area contributed by atoms with Crippen molar-refractivity contribution in [1.29, 1.82) is 0 Å². The van der Waals surface area contributed by atoms with Gasteiger partial charge in [-0.25, -0.2) is 0 Å². The number of ether oxygens (including phenoxy) is 2. The normalized spacial score (nSPS) is 18.8. The maximum atomic E-state index is 9.81. The molecule has 3 heteroatoms. The van der Waals surface area contributed by atoms with E-state index in [1.165, 1.54) is 5.56 Å². The van der Waals surface area contributed by atoms with E-state index >= 15 is 0 Å². The average molecular weight is 222 g/mol. The van der Waals surface area contributed by atoms with E-state index in [2.05, 4.69) is 12.1 Å². The van der Waals surface area contributed by atoms with E-state index in [4.69, 9.17) is 9.47 Å². The topological polar surface area (TPSA) is 38.7 Å². The summed E-state index contributed by atoms with van der Waals surface area (Å²) in [6, 6.07) is 10.2. The molecule has 1 aromatic carbocycles. The molecule has 0 aromatic heterocycles. The van der Waals surface area contributed by atoms with Gasteiger partial charge >= 0.3 is 0 Å². The number of aryl methyl sites for hydroxylation is 1. The largest absolute Gasteiger partial charge is 0.393 e. The molecule has 1 aromatic rings. The Morgan fingerprint density at radius 1 is 1.19 bits per heavy atom. The Morgan fingerprint density at radius 3 is 2.56 bits per heavy atom. The molecule has 0 aliphatic carbocycles. The summed E-state index contributed by atoms with van der Waals surface area (Å²) in [7, 11) is 0. The molecule has 1 atom stereocenters. The van der Waals surface area contributed by atoms with Crippen LogP contribution in [-0.4, -0.2) is 30.7 Å². The predicted molar refractivity (Wildman–Crippen MR) is 61.1 cm³/mol. The van der Waals surface area contributed by atoms with E-state index in [-0.39, 0.29) is 12.4 Å². The monoisotopic (exact) mass is 222 g/mol. The minimum Gasteiger partial charge on any atom is -0.393 e. The van der Waals surface area contributed by atoms with Gasteiger partial charge in [-0.05, 0) is 18.4 Å². The van der Waals surface area contributed by atoms with Gasteiger partial charge in [0.2, 0.25) is 0 Å². The molecule has 0 spiro atoms. The minimum absolute atomic E-state index is 0.203. The van der Waals surface area contributed by atoms with Gasteiger partial charge in [0.25, 0.3) is 0 Å². The first kappa shape index (κ1) is 11.6. The second-order valence-electron chi connectivity index (χ2n) is 4.08. The maximum absolute atomic E-state index is 9.81. The van der Waals surface area contributed by atoms with Crippen molar-refractivity contribution in [3.05, 3.63) is 35.9 Å². The number of aliphatic hydroxyl groups is 1. The van der Waals surface area contributed by atoms with Crippen molar-refractivity contribution >= 4 is 0 Å². The number of benzene rings is 1. The van der Waals surface area contributed by atoms with E-state index in [1.54, 1.807) is 0 Å². The average Bonchev–Trinajstić information content (AvgIpc) is 2.81. The molecule has 0 bridgehead atoms. The molecule has 1 saturated heterocycles. The Balaban J connectivity index is 1.69. The lowest BCUT2D eigenvalue weighted by molar-refractivity contribution is -0.0709. The molecule has 0 amide bonds. The summed E-state index contributed by atoms with van der Waals surface area (Å²) < 4.78 is 10.6. The summed E-state index contributed by atoms with van der Waals surface area (Å²) in [4.78, 5) is 0. The second kappa shape index (κ2) is 5.99. The van der Waals surface area contributed by atoms with Crippen LogP contribution in [-0.2, 0) is 15.9 Å². The highest BCUT2D eigenvalue weighted by molar-refractivity contribution is 5.14. The Morgan fingerprint density at radius 2 is 1.88 bits per heavy atom. The van der Waals surface area contributed by atoms with Crippen LogP contribution in [0.3, 0.4) is 0 Å². The summed E-state index contributed by atoms with van der Waals surface area (Å²) in [5, 5.41) is 9.81. The Kier molecular flexibility index (Phi) is 4.34. The summed E-state index contributed by atoms with van der Waals surface area (Å²) in [6.07, 6.45) is 1.68. The Bertz CT molecular complexity index is 293. The van der Waals surface area contributed by atoms with Crippen LogP contribution in [0.4, 0.5) is 0 Å². The van der Waals surface area contributed by atoms with Crippen molar-refractivity contribution < 1.29 is 14.6 Å². The van der Waals surface area contributed by atoms with Gasteiger partial charge in [-0.2, -0.15) is 0 Å². The molecule has 1 N–H and O–H groups in total. The van der Waals surface area contributed by atoms with Crippen molar-refractivity contribution in [2.24, 2.45) is 0 Å². The molecule has 1 aliphatic heterocycles. The molecule has 16 heavy (non-hydrogen) atoms. The first-order valence-corrected chi connectivity index (χ1v) is 5.80. The summed E-state index contributed by atoms with van der Waals surface area (Å²) in [6.45, 7) is 1.30. The smallest absolute Gasteiger partial charge is 0.160 e. The van der Waals surface area contributed by atoms with Gasteiger partial charge in [-0.1, -0.05) is 30.3 Å². The molecule has 0 unspecified atom stereocenters. The summed E-state index contributed by atoms with van der Waals surface area (Å²) in [5.74, 6) is 0. The fourth-order valence-electron chi connectivity index (χ4n) is 1.86. The zero-order valence-electron chi connectivity index (χ0n) is 9.34. The Labute approximate surface area is 96.0 Å². The highest BCUT2D eigenvalue weighted by atomic mass is 16.7. The van der Waals surface area contributed by atoms with Crippen molar-refractivity contribution in [2.75, 3.05) is 13.2 Å². The molecule has 88 valence electrons. The third kappa shape index (κ3) is 3.59. The van der Waals surface area contributed by atoms with Crippen LogP contribution in [0.15, 0.2) is 30.3 Å². The molecule has 0 radical (unpaired) electrons. The zero-order chi connectivity index (χ0) is 11.2. The van der Waals surface area contributed by atoms with Crippen LogP contribution in [0.2, 0.25) is 0 Å². The lowest BCUT2D eigenvalue weighted by Gasteiger charge is -2.14. The standard InChI is InChI=1S/C13H18O3/c14-12(10-13-15-8-9-16-13)7-6-11-4-2-1-3-5-11/h1-5,12-14H,6-10H2/t12-/m1/s1. The maximum Gasteiger partial charge on any atom is 0.160 e. The van der Waals surface area contributed by atoms with Gasteiger partial charge in [0.1, 0.15) is 0 Å². The number of rotatable bonds is 5. The van der Waals surface area contributed by atoms with Crippen LogP contribution >= 0.6 is 0 Å². The molecule has 1 fully saturated rings.